The topological polar surface area (TPSA) is 63.6 Å². The van der Waals surface area contributed by atoms with Crippen LogP contribution in [0.15, 0.2) is 11.6 Å². The van der Waals surface area contributed by atoms with Crippen molar-refractivity contribution in [3.63, 3.8) is 0 Å². The molecule has 0 unspecified atom stereocenters. The molecule has 74 valence electrons. The molecule has 1 N–H and O–H groups in total. The lowest BCUT2D eigenvalue weighted by atomic mass is 10.0. The van der Waals surface area contributed by atoms with Gasteiger partial charge in [0, 0.05) is 11.6 Å². The predicted octanol–water partition coefficient (Wildman–Crippen LogP) is 1.22. The quantitative estimate of drug-likeness (QED) is 0.529. The zero-order chi connectivity index (χ0) is 10.4. The number of rotatable bonds is 4. The number of hydrogen-bond donors (Lipinski definition) is 1. The maximum Gasteiger partial charge on any atom is 0.331 e. The Labute approximate surface area is 77.2 Å². The van der Waals surface area contributed by atoms with Gasteiger partial charge in [-0.15, -0.1) is 0 Å². The van der Waals surface area contributed by atoms with E-state index in [1.807, 2.05) is 13.8 Å². The second-order valence-corrected chi connectivity index (χ2v) is 3.10. The Morgan fingerprint density at radius 1 is 1.46 bits per heavy atom. The second kappa shape index (κ2) is 5.35. The SMILES string of the molecule is COC(=O)/C=C(\CC(C)C)C(=O)O. The first kappa shape index (κ1) is 11.7. The van der Waals surface area contributed by atoms with Crippen molar-refractivity contribution in [1.29, 1.82) is 0 Å². The highest BCUT2D eigenvalue weighted by Gasteiger charge is 2.11. The van der Waals surface area contributed by atoms with Gasteiger partial charge in [0.2, 0.25) is 0 Å². The number of carbonyl (C=O) groups is 2. The number of esters is 1. The summed E-state index contributed by atoms with van der Waals surface area (Å²) >= 11 is 0. The molecule has 0 spiro atoms. The van der Waals surface area contributed by atoms with Gasteiger partial charge in [0.1, 0.15) is 0 Å². The van der Waals surface area contributed by atoms with E-state index in [0.717, 1.165) is 6.08 Å². The normalized spacial score (nSPS) is 11.5. The van der Waals surface area contributed by atoms with Crippen LogP contribution in [0.1, 0.15) is 20.3 Å². The van der Waals surface area contributed by atoms with Gasteiger partial charge in [-0.1, -0.05) is 13.8 Å². The molecule has 0 bridgehead atoms. The summed E-state index contributed by atoms with van der Waals surface area (Å²) in [6.07, 6.45) is 1.38. The summed E-state index contributed by atoms with van der Waals surface area (Å²) in [6, 6.07) is 0. The molecule has 0 amide bonds. The Morgan fingerprint density at radius 2 is 2.00 bits per heavy atom. The molecule has 0 saturated carbocycles. The molecule has 0 rings (SSSR count). The third-order valence-corrected chi connectivity index (χ3v) is 1.40. The van der Waals surface area contributed by atoms with Crippen molar-refractivity contribution < 1.29 is 19.4 Å². The van der Waals surface area contributed by atoms with Crippen LogP contribution in [0.5, 0.6) is 0 Å². The summed E-state index contributed by atoms with van der Waals surface area (Å²) in [5.74, 6) is -1.50. The molecule has 4 heteroatoms. The average Bonchev–Trinajstić information content (AvgIpc) is 2.02. The Bertz CT molecular complexity index is 228. The smallest absolute Gasteiger partial charge is 0.331 e. The largest absolute Gasteiger partial charge is 0.478 e. The molecule has 0 atom stereocenters. The number of hydrogen-bond acceptors (Lipinski definition) is 3. The van der Waals surface area contributed by atoms with E-state index < -0.39 is 11.9 Å². The lowest BCUT2D eigenvalue weighted by molar-refractivity contribution is -0.137. The van der Waals surface area contributed by atoms with E-state index in [-0.39, 0.29) is 11.5 Å². The van der Waals surface area contributed by atoms with Gasteiger partial charge in [-0.25, -0.2) is 9.59 Å². The van der Waals surface area contributed by atoms with Crippen molar-refractivity contribution in [2.24, 2.45) is 5.92 Å². The third kappa shape index (κ3) is 5.00. The minimum Gasteiger partial charge on any atom is -0.478 e. The average molecular weight is 186 g/mol. The lowest BCUT2D eigenvalue weighted by Gasteiger charge is -2.04. The highest BCUT2D eigenvalue weighted by molar-refractivity contribution is 5.95. The molecule has 0 aliphatic heterocycles. The Balaban J connectivity index is 4.50. The van der Waals surface area contributed by atoms with Crippen molar-refractivity contribution in [3.8, 4) is 0 Å². The van der Waals surface area contributed by atoms with Crippen LogP contribution >= 0.6 is 0 Å². The Kier molecular flexibility index (Phi) is 4.80. The van der Waals surface area contributed by atoms with Crippen LogP contribution < -0.4 is 0 Å². The fourth-order valence-corrected chi connectivity index (χ4v) is 0.849. The van der Waals surface area contributed by atoms with Crippen LogP contribution in [0.4, 0.5) is 0 Å². The predicted molar refractivity (Wildman–Crippen MR) is 47.2 cm³/mol. The summed E-state index contributed by atoms with van der Waals surface area (Å²) in [6.45, 7) is 3.77. The van der Waals surface area contributed by atoms with Crippen LogP contribution in [0, 0.1) is 5.92 Å². The molecule has 0 aromatic rings. The zero-order valence-electron chi connectivity index (χ0n) is 8.03. The zero-order valence-corrected chi connectivity index (χ0v) is 8.03. The fraction of sp³-hybridized carbons (Fsp3) is 0.556. The first-order valence-corrected chi connectivity index (χ1v) is 3.99. The molecule has 4 nitrogen and oxygen atoms in total. The van der Waals surface area contributed by atoms with E-state index in [1.54, 1.807) is 0 Å². The van der Waals surface area contributed by atoms with Gasteiger partial charge in [0.25, 0.3) is 0 Å². The summed E-state index contributed by atoms with van der Waals surface area (Å²) in [4.78, 5) is 21.4. The summed E-state index contributed by atoms with van der Waals surface area (Å²) in [5, 5.41) is 8.69. The van der Waals surface area contributed by atoms with Crippen LogP contribution in [0.3, 0.4) is 0 Å². The number of ether oxygens (including phenoxy) is 1. The maximum atomic E-state index is 10.7. The lowest BCUT2D eigenvalue weighted by Crippen LogP contribution is -2.07. The number of carboxylic acid groups (broad SMARTS) is 1. The summed E-state index contributed by atoms with van der Waals surface area (Å²) in [7, 11) is 1.22. The standard InChI is InChI=1S/C9H14O4/c1-6(2)4-7(9(11)12)5-8(10)13-3/h5-6H,4H2,1-3H3,(H,11,12)/b7-5+. The van der Waals surface area contributed by atoms with Gasteiger partial charge in [-0.2, -0.15) is 0 Å². The highest BCUT2D eigenvalue weighted by Crippen LogP contribution is 2.10. The molecule has 0 saturated heterocycles. The highest BCUT2D eigenvalue weighted by atomic mass is 16.5. The van der Waals surface area contributed by atoms with Crippen LogP contribution in [-0.2, 0) is 14.3 Å². The van der Waals surface area contributed by atoms with E-state index in [0.29, 0.717) is 6.42 Å². The van der Waals surface area contributed by atoms with E-state index in [2.05, 4.69) is 4.74 Å². The summed E-state index contributed by atoms with van der Waals surface area (Å²) in [5.41, 5.74) is 0.0850. The van der Waals surface area contributed by atoms with E-state index in [4.69, 9.17) is 5.11 Å². The molecule has 0 aromatic carbocycles. The minimum absolute atomic E-state index is 0.0850. The van der Waals surface area contributed by atoms with Crippen LogP contribution in [0.2, 0.25) is 0 Å². The molecule has 0 heterocycles. The van der Waals surface area contributed by atoms with Gasteiger partial charge in [-0.3, -0.25) is 0 Å². The number of aliphatic carboxylic acids is 1. The third-order valence-electron chi connectivity index (χ3n) is 1.40. The van der Waals surface area contributed by atoms with Gasteiger partial charge < -0.3 is 9.84 Å². The number of carboxylic acids is 1. The second-order valence-electron chi connectivity index (χ2n) is 3.10. The molecule has 0 fully saturated rings. The Morgan fingerprint density at radius 3 is 2.31 bits per heavy atom. The molecule has 0 aliphatic rings. The number of carbonyl (C=O) groups excluding carboxylic acids is 1. The van der Waals surface area contributed by atoms with Crippen molar-refractivity contribution in [2.75, 3.05) is 7.11 Å². The van der Waals surface area contributed by atoms with E-state index in [1.165, 1.54) is 7.11 Å². The van der Waals surface area contributed by atoms with Gasteiger partial charge >= 0.3 is 11.9 Å². The van der Waals surface area contributed by atoms with Gasteiger partial charge in [0.15, 0.2) is 0 Å². The van der Waals surface area contributed by atoms with Gasteiger partial charge in [-0.05, 0) is 12.3 Å². The molecule has 0 aliphatic carbocycles. The van der Waals surface area contributed by atoms with E-state index >= 15 is 0 Å². The van der Waals surface area contributed by atoms with Crippen LogP contribution in [-0.4, -0.2) is 24.2 Å². The first-order chi connectivity index (χ1) is 5.97. The monoisotopic (exact) mass is 186 g/mol. The summed E-state index contributed by atoms with van der Waals surface area (Å²) < 4.78 is 4.33. The minimum atomic E-state index is -1.07. The molecule has 0 radical (unpaired) electrons. The van der Waals surface area contributed by atoms with Crippen molar-refractivity contribution in [2.45, 2.75) is 20.3 Å². The Hall–Kier alpha value is -1.32. The molecule has 0 aromatic heterocycles. The fourth-order valence-electron chi connectivity index (χ4n) is 0.849. The van der Waals surface area contributed by atoms with Crippen LogP contribution in [0.25, 0.3) is 0 Å². The van der Waals surface area contributed by atoms with Crippen molar-refractivity contribution in [1.82, 2.24) is 0 Å². The van der Waals surface area contributed by atoms with Crippen molar-refractivity contribution >= 4 is 11.9 Å². The maximum absolute atomic E-state index is 10.7. The molecular weight excluding hydrogens is 172 g/mol. The first-order valence-electron chi connectivity index (χ1n) is 3.99. The molecule has 13 heavy (non-hydrogen) atoms. The van der Waals surface area contributed by atoms with Gasteiger partial charge in [0.05, 0.1) is 7.11 Å². The van der Waals surface area contributed by atoms with Crippen molar-refractivity contribution in [3.05, 3.63) is 11.6 Å². The van der Waals surface area contributed by atoms with E-state index in [9.17, 15) is 9.59 Å². The molecular formula is C9H14O4. The number of methoxy groups -OCH3 is 1.